The average molecular weight is 419 g/mol. The van der Waals surface area contributed by atoms with Crippen LogP contribution in [0.2, 0.25) is 10.0 Å². The molecule has 28 heavy (non-hydrogen) atoms. The van der Waals surface area contributed by atoms with Crippen LogP contribution in [0.1, 0.15) is 11.4 Å². The number of hydrogen-bond donors (Lipinski definition) is 2. The Morgan fingerprint density at radius 2 is 1.11 bits per heavy atom. The third kappa shape index (κ3) is 4.53. The maximum Gasteiger partial charge on any atom is 0.193 e. The molecule has 0 fully saturated rings. The first-order valence-electron chi connectivity index (χ1n) is 7.94. The summed E-state index contributed by atoms with van der Waals surface area (Å²) in [5.41, 5.74) is 13.7. The van der Waals surface area contributed by atoms with E-state index in [0.717, 1.165) is 11.4 Å². The van der Waals surface area contributed by atoms with E-state index in [1.165, 1.54) is 22.0 Å². The minimum atomic E-state index is 0.431. The average Bonchev–Trinajstić information content (AvgIpc) is 3.24. The quantitative estimate of drug-likeness (QED) is 0.505. The van der Waals surface area contributed by atoms with Crippen molar-refractivity contribution in [1.82, 2.24) is 40.0 Å². The maximum absolute atomic E-state index is 5.93. The van der Waals surface area contributed by atoms with Gasteiger partial charge in [0.1, 0.15) is 0 Å². The zero-order valence-electron chi connectivity index (χ0n) is 15.0. The first kappa shape index (κ1) is 19.5. The lowest BCUT2D eigenvalue weighted by Gasteiger charge is -2.01. The van der Waals surface area contributed by atoms with Crippen molar-refractivity contribution in [2.24, 2.45) is 0 Å². The van der Waals surface area contributed by atoms with Crippen LogP contribution in [0.15, 0.2) is 36.9 Å². The lowest BCUT2D eigenvalue weighted by molar-refractivity contribution is 0.724. The number of anilines is 2. The summed E-state index contributed by atoms with van der Waals surface area (Å²) in [6.07, 6.45) is 6.29. The molecule has 4 heterocycles. The molecule has 4 rings (SSSR count). The zero-order valence-corrected chi connectivity index (χ0v) is 16.5. The summed E-state index contributed by atoms with van der Waals surface area (Å²) in [6, 6.07) is 3.23. The zero-order chi connectivity index (χ0) is 20.3. The fourth-order valence-corrected chi connectivity index (χ4v) is 2.57. The molecule has 144 valence electrons. The molecule has 12 heteroatoms. The van der Waals surface area contributed by atoms with E-state index in [1.807, 2.05) is 13.8 Å². The summed E-state index contributed by atoms with van der Waals surface area (Å²) < 4.78 is 0. The number of rotatable bonds is 2. The van der Waals surface area contributed by atoms with Gasteiger partial charge in [0.25, 0.3) is 0 Å². The summed E-state index contributed by atoms with van der Waals surface area (Å²) in [6.45, 7) is 3.68. The van der Waals surface area contributed by atoms with Gasteiger partial charge in [-0.3, -0.25) is 0 Å². The highest BCUT2D eigenvalue weighted by atomic mass is 35.5. The van der Waals surface area contributed by atoms with Crippen LogP contribution in [0.25, 0.3) is 11.6 Å². The number of pyridine rings is 2. The third-order valence-electron chi connectivity index (χ3n) is 3.28. The molecule has 4 N–H and O–H groups in total. The highest BCUT2D eigenvalue weighted by Gasteiger charge is 2.07. The Morgan fingerprint density at radius 3 is 1.39 bits per heavy atom. The number of nitrogen functional groups attached to an aromatic ring is 2. The Morgan fingerprint density at radius 1 is 0.714 bits per heavy atom. The molecule has 0 bridgehead atoms. The third-order valence-corrected chi connectivity index (χ3v) is 3.83. The second kappa shape index (κ2) is 8.19. The highest BCUT2D eigenvalue weighted by Crippen LogP contribution is 2.19. The van der Waals surface area contributed by atoms with Gasteiger partial charge in [0.05, 0.1) is 57.6 Å². The second-order valence-electron chi connectivity index (χ2n) is 5.70. The number of hydrogen-bond acceptors (Lipinski definition) is 8. The van der Waals surface area contributed by atoms with Crippen molar-refractivity contribution in [3.8, 4) is 11.6 Å². The van der Waals surface area contributed by atoms with Gasteiger partial charge in [-0.25, -0.2) is 9.97 Å². The normalized spacial score (nSPS) is 10.4. The predicted octanol–water partition coefficient (Wildman–Crippen LogP) is 2.41. The molecule has 0 saturated carbocycles. The molecule has 0 atom stereocenters. The molecule has 4 aromatic heterocycles. The van der Waals surface area contributed by atoms with Crippen LogP contribution in [0.5, 0.6) is 0 Å². The Balaban J connectivity index is 0.000000161. The van der Waals surface area contributed by atoms with Crippen molar-refractivity contribution in [2.45, 2.75) is 13.8 Å². The van der Waals surface area contributed by atoms with Crippen LogP contribution in [0.3, 0.4) is 0 Å². The van der Waals surface area contributed by atoms with Gasteiger partial charge >= 0.3 is 0 Å². The number of nitrogens with two attached hydrogens (primary N) is 2. The van der Waals surface area contributed by atoms with E-state index in [4.69, 9.17) is 34.7 Å². The molecule has 0 saturated heterocycles. The van der Waals surface area contributed by atoms with E-state index in [0.29, 0.717) is 33.1 Å². The second-order valence-corrected chi connectivity index (χ2v) is 6.51. The molecular weight excluding hydrogens is 403 g/mol. The van der Waals surface area contributed by atoms with Gasteiger partial charge in [0.2, 0.25) is 0 Å². The molecular formula is C16H16Cl2N10. The SMILES string of the molecule is Cc1cnn(-c2ncc(N)cc2Cl)n1.Cc1cnn(-c2ncc(N)cc2Cl)n1. The minimum Gasteiger partial charge on any atom is -0.397 e. The van der Waals surface area contributed by atoms with Crippen LogP contribution >= 0.6 is 23.2 Å². The first-order chi connectivity index (χ1) is 13.3. The summed E-state index contributed by atoms with van der Waals surface area (Å²) >= 11 is 11.9. The molecule has 0 aliphatic heterocycles. The van der Waals surface area contributed by atoms with Crippen molar-refractivity contribution < 1.29 is 0 Å². The molecule has 0 radical (unpaired) electrons. The molecule has 0 amide bonds. The smallest absolute Gasteiger partial charge is 0.193 e. The molecule has 0 unspecified atom stereocenters. The Kier molecular flexibility index (Phi) is 5.71. The number of halogens is 2. The van der Waals surface area contributed by atoms with Gasteiger partial charge in [-0.1, -0.05) is 23.2 Å². The summed E-state index contributed by atoms with van der Waals surface area (Å²) in [4.78, 5) is 10.8. The lowest BCUT2D eigenvalue weighted by Crippen LogP contribution is -2.03. The lowest BCUT2D eigenvalue weighted by atomic mass is 10.4. The van der Waals surface area contributed by atoms with Crippen LogP contribution in [-0.4, -0.2) is 40.0 Å². The predicted molar refractivity (Wildman–Crippen MR) is 107 cm³/mol. The molecule has 0 aromatic carbocycles. The molecule has 0 aliphatic rings. The van der Waals surface area contributed by atoms with Crippen LogP contribution in [0, 0.1) is 13.8 Å². The largest absolute Gasteiger partial charge is 0.397 e. The highest BCUT2D eigenvalue weighted by molar-refractivity contribution is 6.32. The Bertz CT molecular complexity index is 1020. The minimum absolute atomic E-state index is 0.431. The molecule has 0 aliphatic carbocycles. The van der Waals surface area contributed by atoms with Gasteiger partial charge in [-0.05, 0) is 26.0 Å². The summed E-state index contributed by atoms with van der Waals surface area (Å²) in [7, 11) is 0. The van der Waals surface area contributed by atoms with E-state index in [9.17, 15) is 0 Å². The number of nitrogens with zero attached hydrogens (tertiary/aromatic N) is 8. The number of aryl methyl sites for hydroxylation is 2. The first-order valence-corrected chi connectivity index (χ1v) is 8.70. The van der Waals surface area contributed by atoms with Gasteiger partial charge in [-0.2, -0.15) is 20.4 Å². The molecule has 0 spiro atoms. The summed E-state index contributed by atoms with van der Waals surface area (Å²) in [5, 5.41) is 17.0. The van der Waals surface area contributed by atoms with E-state index in [-0.39, 0.29) is 0 Å². The van der Waals surface area contributed by atoms with Crippen molar-refractivity contribution in [3.05, 3.63) is 58.4 Å². The van der Waals surface area contributed by atoms with Crippen LogP contribution < -0.4 is 11.5 Å². The molecule has 4 aromatic rings. The molecule has 10 nitrogen and oxygen atoms in total. The topological polar surface area (TPSA) is 139 Å². The Labute approximate surface area is 170 Å². The van der Waals surface area contributed by atoms with Gasteiger partial charge in [0, 0.05) is 0 Å². The van der Waals surface area contributed by atoms with E-state index in [1.54, 1.807) is 24.5 Å². The fraction of sp³-hybridized carbons (Fsp3) is 0.125. The fourth-order valence-electron chi connectivity index (χ4n) is 2.07. The standard InChI is InChI=1S/2C8H8ClN5/c2*1-5-3-12-14(13-5)8-7(9)2-6(10)4-11-8/h2*2-4H,10H2,1H3. The van der Waals surface area contributed by atoms with Crippen molar-refractivity contribution in [1.29, 1.82) is 0 Å². The van der Waals surface area contributed by atoms with E-state index in [2.05, 4.69) is 30.4 Å². The summed E-state index contributed by atoms with van der Waals surface area (Å²) in [5.74, 6) is 0.961. The van der Waals surface area contributed by atoms with Crippen molar-refractivity contribution in [3.63, 3.8) is 0 Å². The Hall–Kier alpha value is -3.24. The van der Waals surface area contributed by atoms with Crippen molar-refractivity contribution in [2.75, 3.05) is 11.5 Å². The van der Waals surface area contributed by atoms with Crippen LogP contribution in [0.4, 0.5) is 11.4 Å². The van der Waals surface area contributed by atoms with Crippen LogP contribution in [-0.2, 0) is 0 Å². The van der Waals surface area contributed by atoms with Gasteiger partial charge in [-0.15, -0.1) is 9.59 Å². The van der Waals surface area contributed by atoms with E-state index >= 15 is 0 Å². The maximum atomic E-state index is 5.93. The monoisotopic (exact) mass is 418 g/mol. The number of aromatic nitrogens is 8. The van der Waals surface area contributed by atoms with Gasteiger partial charge in [0.15, 0.2) is 11.6 Å². The van der Waals surface area contributed by atoms with Crippen molar-refractivity contribution >= 4 is 34.6 Å². The van der Waals surface area contributed by atoms with Gasteiger partial charge < -0.3 is 11.5 Å². The van der Waals surface area contributed by atoms with E-state index < -0.39 is 0 Å².